The summed E-state index contributed by atoms with van der Waals surface area (Å²) in [5, 5.41) is 11.3. The number of thiazole rings is 1. The van der Waals surface area contributed by atoms with Gasteiger partial charge in [0.05, 0.1) is 18.5 Å². The molecule has 0 aliphatic rings. The fraction of sp³-hybridized carbons (Fsp3) is 0.133. The number of benzene rings is 1. The second kappa shape index (κ2) is 6.32. The Bertz CT molecular complexity index is 730. The largest absolute Gasteiger partial charge is 0.268 e. The van der Waals surface area contributed by atoms with E-state index >= 15 is 0 Å². The highest BCUT2D eigenvalue weighted by Crippen LogP contribution is 2.14. The Hall–Kier alpha value is -2.47. The van der Waals surface area contributed by atoms with E-state index in [1.165, 1.54) is 5.56 Å². The summed E-state index contributed by atoms with van der Waals surface area (Å²) in [6.45, 7) is 2.69. The van der Waals surface area contributed by atoms with Crippen molar-refractivity contribution in [3.05, 3.63) is 64.9 Å². The Kier molecular flexibility index (Phi) is 4.07. The van der Waals surface area contributed by atoms with Crippen molar-refractivity contribution in [2.24, 2.45) is 5.10 Å². The van der Waals surface area contributed by atoms with Gasteiger partial charge >= 0.3 is 0 Å². The van der Waals surface area contributed by atoms with Gasteiger partial charge in [0.25, 0.3) is 0 Å². The number of aromatic nitrogens is 3. The van der Waals surface area contributed by atoms with E-state index in [1.54, 1.807) is 17.5 Å². The van der Waals surface area contributed by atoms with Crippen LogP contribution >= 0.6 is 11.3 Å². The second-order valence-corrected chi connectivity index (χ2v) is 5.42. The normalized spacial score (nSPS) is 11.1. The molecule has 0 spiro atoms. The summed E-state index contributed by atoms with van der Waals surface area (Å²) < 4.78 is 1.89. The number of nitrogens with zero attached hydrogens (tertiary/aromatic N) is 4. The maximum atomic E-state index is 4.30. The van der Waals surface area contributed by atoms with E-state index in [9.17, 15) is 0 Å². The van der Waals surface area contributed by atoms with E-state index in [0.717, 1.165) is 22.9 Å². The molecule has 0 amide bonds. The minimum absolute atomic E-state index is 0.728. The number of aryl methyl sites for hydroxylation is 1. The van der Waals surface area contributed by atoms with Crippen molar-refractivity contribution >= 4 is 22.7 Å². The summed E-state index contributed by atoms with van der Waals surface area (Å²) in [6.07, 6.45) is 5.54. The van der Waals surface area contributed by atoms with Crippen molar-refractivity contribution < 1.29 is 0 Å². The second-order valence-electron chi connectivity index (χ2n) is 4.57. The molecule has 106 valence electrons. The Labute approximate surface area is 127 Å². The summed E-state index contributed by atoms with van der Waals surface area (Å²) in [6, 6.07) is 10.1. The lowest BCUT2D eigenvalue weighted by molar-refractivity contribution is 0.686. The molecule has 0 unspecified atom stereocenters. The molecule has 5 nitrogen and oxygen atoms in total. The Morgan fingerprint density at radius 3 is 3.00 bits per heavy atom. The molecule has 0 radical (unpaired) electrons. The van der Waals surface area contributed by atoms with Gasteiger partial charge in [-0.25, -0.2) is 4.98 Å². The fourth-order valence-electron chi connectivity index (χ4n) is 1.93. The van der Waals surface area contributed by atoms with Gasteiger partial charge in [0.1, 0.15) is 0 Å². The van der Waals surface area contributed by atoms with Crippen LogP contribution in [0.25, 0.3) is 0 Å². The van der Waals surface area contributed by atoms with Gasteiger partial charge < -0.3 is 0 Å². The molecule has 2 aromatic heterocycles. The quantitative estimate of drug-likeness (QED) is 0.581. The monoisotopic (exact) mass is 297 g/mol. The molecule has 0 saturated carbocycles. The van der Waals surface area contributed by atoms with Crippen molar-refractivity contribution in [3.8, 4) is 0 Å². The number of nitrogens with one attached hydrogen (secondary N) is 1. The molecule has 2 heterocycles. The molecule has 6 heteroatoms. The average molecular weight is 297 g/mol. The van der Waals surface area contributed by atoms with Crippen LogP contribution in [0.1, 0.15) is 16.8 Å². The van der Waals surface area contributed by atoms with Crippen molar-refractivity contribution in [1.29, 1.82) is 0 Å². The third kappa shape index (κ3) is 3.55. The van der Waals surface area contributed by atoms with Crippen LogP contribution in [0.15, 0.2) is 53.2 Å². The van der Waals surface area contributed by atoms with E-state index in [-0.39, 0.29) is 0 Å². The maximum absolute atomic E-state index is 4.30. The molecule has 0 bridgehead atoms. The third-order valence-corrected chi connectivity index (χ3v) is 3.79. The van der Waals surface area contributed by atoms with E-state index in [4.69, 9.17) is 0 Å². The molecule has 0 atom stereocenters. The van der Waals surface area contributed by atoms with Gasteiger partial charge in [-0.1, -0.05) is 24.3 Å². The van der Waals surface area contributed by atoms with E-state index < -0.39 is 0 Å². The first kappa shape index (κ1) is 13.5. The molecule has 0 aliphatic heterocycles. The molecule has 0 saturated heterocycles. The van der Waals surface area contributed by atoms with Gasteiger partial charge in [-0.15, -0.1) is 11.3 Å². The van der Waals surface area contributed by atoms with Crippen LogP contribution in [0, 0.1) is 6.92 Å². The molecular formula is C15H15N5S. The zero-order chi connectivity index (χ0) is 14.5. The van der Waals surface area contributed by atoms with Crippen molar-refractivity contribution in [1.82, 2.24) is 14.8 Å². The van der Waals surface area contributed by atoms with Gasteiger partial charge in [0.2, 0.25) is 5.13 Å². The minimum Gasteiger partial charge on any atom is -0.268 e. The Morgan fingerprint density at radius 2 is 2.24 bits per heavy atom. The standard InChI is InChI=1S/C15H15N5S/c1-12-11-21-15(18-12)19-16-9-13-5-2-3-6-14(13)10-20-8-4-7-17-20/h2-9,11H,10H2,1H3,(H,18,19). The molecule has 21 heavy (non-hydrogen) atoms. The molecule has 1 aromatic carbocycles. The van der Waals surface area contributed by atoms with Crippen LogP contribution < -0.4 is 5.43 Å². The maximum Gasteiger partial charge on any atom is 0.203 e. The van der Waals surface area contributed by atoms with E-state index in [2.05, 4.69) is 26.7 Å². The smallest absolute Gasteiger partial charge is 0.203 e. The summed E-state index contributed by atoms with van der Waals surface area (Å²) in [4.78, 5) is 4.30. The third-order valence-electron chi connectivity index (χ3n) is 2.93. The minimum atomic E-state index is 0.728. The molecule has 1 N–H and O–H groups in total. The number of hydrazone groups is 1. The zero-order valence-corrected chi connectivity index (χ0v) is 12.4. The number of hydrogen-bond donors (Lipinski definition) is 1. The van der Waals surface area contributed by atoms with Crippen molar-refractivity contribution in [2.75, 3.05) is 5.43 Å². The number of hydrogen-bond acceptors (Lipinski definition) is 5. The zero-order valence-electron chi connectivity index (χ0n) is 11.6. The average Bonchev–Trinajstić information content (AvgIpc) is 3.13. The summed E-state index contributed by atoms with van der Waals surface area (Å²) in [7, 11) is 0. The van der Waals surface area contributed by atoms with Gasteiger partial charge in [0.15, 0.2) is 0 Å². The van der Waals surface area contributed by atoms with Gasteiger partial charge in [0, 0.05) is 17.8 Å². The molecule has 3 aromatic rings. The van der Waals surface area contributed by atoms with Crippen molar-refractivity contribution in [3.63, 3.8) is 0 Å². The van der Waals surface area contributed by atoms with E-state index in [1.807, 2.05) is 53.7 Å². The van der Waals surface area contributed by atoms with Crippen LogP contribution in [0.3, 0.4) is 0 Å². The first-order chi connectivity index (χ1) is 10.3. The first-order valence-corrected chi connectivity index (χ1v) is 7.46. The summed E-state index contributed by atoms with van der Waals surface area (Å²) in [5.41, 5.74) is 6.18. The van der Waals surface area contributed by atoms with Crippen LogP contribution in [0.2, 0.25) is 0 Å². The van der Waals surface area contributed by atoms with Crippen molar-refractivity contribution in [2.45, 2.75) is 13.5 Å². The number of anilines is 1. The van der Waals surface area contributed by atoms with Gasteiger partial charge in [-0.3, -0.25) is 10.1 Å². The highest BCUT2D eigenvalue weighted by Gasteiger charge is 2.01. The molecule has 3 rings (SSSR count). The van der Waals surface area contributed by atoms with E-state index in [0.29, 0.717) is 0 Å². The first-order valence-electron chi connectivity index (χ1n) is 6.58. The van der Waals surface area contributed by atoms with Crippen LogP contribution in [0.4, 0.5) is 5.13 Å². The lowest BCUT2D eigenvalue weighted by Crippen LogP contribution is -2.03. The molecule has 0 fully saturated rings. The highest BCUT2D eigenvalue weighted by atomic mass is 32.1. The topological polar surface area (TPSA) is 55.1 Å². The lowest BCUT2D eigenvalue weighted by atomic mass is 10.1. The Morgan fingerprint density at radius 1 is 1.33 bits per heavy atom. The van der Waals surface area contributed by atoms with Crippen LogP contribution in [-0.2, 0) is 6.54 Å². The highest BCUT2D eigenvalue weighted by molar-refractivity contribution is 7.13. The predicted octanol–water partition coefficient (Wildman–Crippen LogP) is 3.14. The summed E-state index contributed by atoms with van der Waals surface area (Å²) in [5.74, 6) is 0. The fourth-order valence-corrected chi connectivity index (χ4v) is 2.57. The van der Waals surface area contributed by atoms with Gasteiger partial charge in [-0.2, -0.15) is 10.2 Å². The lowest BCUT2D eigenvalue weighted by Gasteiger charge is -2.05. The van der Waals surface area contributed by atoms with Crippen LogP contribution in [-0.4, -0.2) is 21.0 Å². The Balaban J connectivity index is 1.72. The SMILES string of the molecule is Cc1csc(NN=Cc2ccccc2Cn2cccn2)n1. The molecular weight excluding hydrogens is 282 g/mol. The number of rotatable bonds is 5. The predicted molar refractivity (Wildman–Crippen MR) is 85.8 cm³/mol. The van der Waals surface area contributed by atoms with Crippen LogP contribution in [0.5, 0.6) is 0 Å². The summed E-state index contributed by atoms with van der Waals surface area (Å²) >= 11 is 1.54. The molecule has 0 aliphatic carbocycles. The van der Waals surface area contributed by atoms with Gasteiger partial charge in [-0.05, 0) is 24.1 Å².